The van der Waals surface area contributed by atoms with Crippen molar-refractivity contribution >= 4 is 0 Å². The summed E-state index contributed by atoms with van der Waals surface area (Å²) in [6.45, 7) is 5.59. The van der Waals surface area contributed by atoms with Gasteiger partial charge in [-0.2, -0.15) is 0 Å². The Balaban J connectivity index is 2.27. The van der Waals surface area contributed by atoms with E-state index in [4.69, 9.17) is 9.47 Å². The van der Waals surface area contributed by atoms with Crippen LogP contribution in [-0.4, -0.2) is 20.5 Å². The molecule has 0 aliphatic heterocycles. The van der Waals surface area contributed by atoms with Crippen LogP contribution in [0.4, 0.5) is 0 Å². The Bertz CT molecular complexity index is 277. The van der Waals surface area contributed by atoms with Crippen LogP contribution in [0.5, 0.6) is 0 Å². The average Bonchev–Trinajstić information content (AvgIpc) is 2.29. The third kappa shape index (κ3) is 4.77. The Hall–Kier alpha value is -0.860. The molecule has 0 spiro atoms. The summed E-state index contributed by atoms with van der Waals surface area (Å²) in [4.78, 5) is 0. The second-order valence-corrected chi connectivity index (χ2v) is 4.31. The number of benzene rings is 1. The second-order valence-electron chi connectivity index (χ2n) is 4.31. The monoisotopic (exact) mass is 222 g/mol. The fraction of sp³-hybridized carbons (Fsp3) is 0.571. The van der Waals surface area contributed by atoms with Crippen molar-refractivity contribution in [2.45, 2.75) is 32.6 Å². The molecule has 0 saturated carbocycles. The van der Waals surface area contributed by atoms with E-state index in [1.54, 1.807) is 7.11 Å². The SMILES string of the molecule is COCOCCCc1ccc(C(C)C)cc1. The van der Waals surface area contributed by atoms with Gasteiger partial charge in [-0.15, -0.1) is 0 Å². The molecule has 90 valence electrons. The number of rotatable bonds is 7. The van der Waals surface area contributed by atoms with Crippen LogP contribution >= 0.6 is 0 Å². The highest BCUT2D eigenvalue weighted by Crippen LogP contribution is 2.15. The van der Waals surface area contributed by atoms with Gasteiger partial charge < -0.3 is 9.47 Å². The minimum atomic E-state index is 0.395. The van der Waals surface area contributed by atoms with Crippen LogP contribution in [0.3, 0.4) is 0 Å². The molecule has 0 unspecified atom stereocenters. The summed E-state index contributed by atoms with van der Waals surface area (Å²) >= 11 is 0. The third-order valence-electron chi connectivity index (χ3n) is 2.60. The molecular formula is C14H22O2. The molecular weight excluding hydrogens is 200 g/mol. The van der Waals surface area contributed by atoms with E-state index in [1.807, 2.05) is 0 Å². The highest BCUT2D eigenvalue weighted by Gasteiger charge is 1.98. The summed E-state index contributed by atoms with van der Waals surface area (Å²) in [5.41, 5.74) is 2.78. The van der Waals surface area contributed by atoms with E-state index < -0.39 is 0 Å². The maximum atomic E-state index is 5.24. The molecule has 0 N–H and O–H groups in total. The Kier molecular flexibility index (Phi) is 6.12. The third-order valence-corrected chi connectivity index (χ3v) is 2.60. The zero-order valence-electron chi connectivity index (χ0n) is 10.5. The molecule has 16 heavy (non-hydrogen) atoms. The number of methoxy groups -OCH3 is 1. The predicted octanol–water partition coefficient (Wildman–Crippen LogP) is 3.36. The lowest BCUT2D eigenvalue weighted by Gasteiger charge is -2.07. The van der Waals surface area contributed by atoms with Crippen LogP contribution in [-0.2, 0) is 15.9 Å². The minimum absolute atomic E-state index is 0.395. The first-order chi connectivity index (χ1) is 7.74. The normalized spacial score (nSPS) is 11.0. The van der Waals surface area contributed by atoms with Gasteiger partial charge in [-0.3, -0.25) is 0 Å². The Labute approximate surface area is 98.6 Å². The first-order valence-electron chi connectivity index (χ1n) is 5.89. The van der Waals surface area contributed by atoms with Gasteiger partial charge in [0.25, 0.3) is 0 Å². The Morgan fingerprint density at radius 3 is 2.38 bits per heavy atom. The van der Waals surface area contributed by atoms with Crippen molar-refractivity contribution in [3.8, 4) is 0 Å². The number of hydrogen-bond donors (Lipinski definition) is 0. The molecule has 0 radical (unpaired) electrons. The van der Waals surface area contributed by atoms with Crippen LogP contribution in [0.2, 0.25) is 0 Å². The zero-order chi connectivity index (χ0) is 11.8. The number of ether oxygens (including phenoxy) is 2. The molecule has 0 fully saturated rings. The first kappa shape index (κ1) is 13.2. The van der Waals surface area contributed by atoms with Gasteiger partial charge in [0.1, 0.15) is 6.79 Å². The van der Waals surface area contributed by atoms with Crippen LogP contribution in [0, 0.1) is 0 Å². The molecule has 1 rings (SSSR count). The molecule has 1 aromatic rings. The molecule has 0 aliphatic carbocycles. The highest BCUT2D eigenvalue weighted by molar-refractivity contribution is 5.24. The lowest BCUT2D eigenvalue weighted by Crippen LogP contribution is -2.00. The van der Waals surface area contributed by atoms with Gasteiger partial charge in [0, 0.05) is 13.7 Å². The fourth-order valence-corrected chi connectivity index (χ4v) is 1.59. The predicted molar refractivity (Wildman–Crippen MR) is 66.7 cm³/mol. The maximum Gasteiger partial charge on any atom is 0.146 e. The van der Waals surface area contributed by atoms with Crippen molar-refractivity contribution in [2.24, 2.45) is 0 Å². The Morgan fingerprint density at radius 1 is 1.12 bits per heavy atom. The lowest BCUT2D eigenvalue weighted by molar-refractivity contribution is -0.0310. The zero-order valence-corrected chi connectivity index (χ0v) is 10.5. The molecule has 0 aromatic heterocycles. The van der Waals surface area contributed by atoms with E-state index in [2.05, 4.69) is 38.1 Å². The van der Waals surface area contributed by atoms with E-state index in [9.17, 15) is 0 Å². The van der Waals surface area contributed by atoms with Crippen LogP contribution in [0.1, 0.15) is 37.3 Å². The van der Waals surface area contributed by atoms with Gasteiger partial charge in [0.05, 0.1) is 0 Å². The molecule has 2 heteroatoms. The van der Waals surface area contributed by atoms with Crippen molar-refractivity contribution in [1.29, 1.82) is 0 Å². The highest BCUT2D eigenvalue weighted by atomic mass is 16.7. The minimum Gasteiger partial charge on any atom is -0.359 e. The van der Waals surface area contributed by atoms with Crippen LogP contribution < -0.4 is 0 Å². The van der Waals surface area contributed by atoms with E-state index in [0.717, 1.165) is 19.4 Å². The van der Waals surface area contributed by atoms with Crippen molar-refractivity contribution in [2.75, 3.05) is 20.5 Å². The topological polar surface area (TPSA) is 18.5 Å². The average molecular weight is 222 g/mol. The molecule has 0 amide bonds. The second kappa shape index (κ2) is 7.42. The number of aryl methyl sites for hydroxylation is 1. The van der Waals surface area contributed by atoms with Gasteiger partial charge in [-0.05, 0) is 29.9 Å². The van der Waals surface area contributed by atoms with E-state index in [0.29, 0.717) is 12.7 Å². The maximum absolute atomic E-state index is 5.24. The van der Waals surface area contributed by atoms with Crippen molar-refractivity contribution < 1.29 is 9.47 Å². The summed E-state index contributed by atoms with van der Waals surface area (Å²) < 4.78 is 10.1. The van der Waals surface area contributed by atoms with Gasteiger partial charge in [-0.25, -0.2) is 0 Å². The molecule has 0 atom stereocenters. The summed E-state index contributed by atoms with van der Waals surface area (Å²) in [5.74, 6) is 0.610. The quantitative estimate of drug-likeness (QED) is 0.520. The first-order valence-corrected chi connectivity index (χ1v) is 5.89. The van der Waals surface area contributed by atoms with E-state index in [-0.39, 0.29) is 0 Å². The number of hydrogen-bond acceptors (Lipinski definition) is 2. The van der Waals surface area contributed by atoms with Crippen LogP contribution in [0.25, 0.3) is 0 Å². The largest absolute Gasteiger partial charge is 0.359 e. The van der Waals surface area contributed by atoms with Gasteiger partial charge >= 0.3 is 0 Å². The van der Waals surface area contributed by atoms with Gasteiger partial charge in [0.15, 0.2) is 0 Å². The Morgan fingerprint density at radius 2 is 1.81 bits per heavy atom. The lowest BCUT2D eigenvalue weighted by atomic mass is 10.0. The molecule has 1 aromatic carbocycles. The van der Waals surface area contributed by atoms with E-state index in [1.165, 1.54) is 11.1 Å². The summed E-state index contributed by atoms with van der Waals surface area (Å²) in [6.07, 6.45) is 2.12. The fourth-order valence-electron chi connectivity index (χ4n) is 1.59. The smallest absolute Gasteiger partial charge is 0.146 e. The van der Waals surface area contributed by atoms with Crippen LogP contribution in [0.15, 0.2) is 24.3 Å². The van der Waals surface area contributed by atoms with Gasteiger partial charge in [-0.1, -0.05) is 38.1 Å². The molecule has 2 nitrogen and oxygen atoms in total. The van der Waals surface area contributed by atoms with E-state index >= 15 is 0 Å². The molecule has 0 aliphatic rings. The molecule has 0 saturated heterocycles. The van der Waals surface area contributed by atoms with Gasteiger partial charge in [0.2, 0.25) is 0 Å². The summed E-state index contributed by atoms with van der Waals surface area (Å²) in [6, 6.07) is 8.86. The summed E-state index contributed by atoms with van der Waals surface area (Å²) in [5, 5.41) is 0. The standard InChI is InChI=1S/C14H22O2/c1-12(2)14-8-6-13(7-9-14)5-4-10-16-11-15-3/h6-9,12H,4-5,10-11H2,1-3H3. The van der Waals surface area contributed by atoms with Crippen molar-refractivity contribution in [3.05, 3.63) is 35.4 Å². The summed E-state index contributed by atoms with van der Waals surface area (Å²) in [7, 11) is 1.64. The van der Waals surface area contributed by atoms with Crippen molar-refractivity contribution in [1.82, 2.24) is 0 Å². The molecule has 0 bridgehead atoms. The molecule has 0 heterocycles. The van der Waals surface area contributed by atoms with Crippen molar-refractivity contribution in [3.63, 3.8) is 0 Å².